The fourth-order valence-corrected chi connectivity index (χ4v) is 1.18. The van der Waals surface area contributed by atoms with Gasteiger partial charge in [-0.3, -0.25) is 0 Å². The van der Waals surface area contributed by atoms with Crippen molar-refractivity contribution < 1.29 is 14.3 Å². The first kappa shape index (κ1) is 14.6. The first-order valence-electron chi connectivity index (χ1n) is 5.55. The van der Waals surface area contributed by atoms with Crippen LogP contribution >= 0.6 is 0 Å². The molecule has 0 radical (unpaired) electrons. The van der Waals surface area contributed by atoms with E-state index in [0.29, 0.717) is 12.0 Å². The number of hydrogen-bond donors (Lipinski definition) is 0. The van der Waals surface area contributed by atoms with Gasteiger partial charge in [0, 0.05) is 12.0 Å². The number of hydrogen-bond acceptors (Lipinski definition) is 4. The number of isocyanates is 1. The molecule has 0 fully saturated rings. The summed E-state index contributed by atoms with van der Waals surface area (Å²) in [5.74, 6) is -0.514. The summed E-state index contributed by atoms with van der Waals surface area (Å²) < 4.78 is 4.96. The Morgan fingerprint density at radius 1 is 1.44 bits per heavy atom. The van der Waals surface area contributed by atoms with E-state index in [1.165, 1.54) is 6.08 Å². The summed E-state index contributed by atoms with van der Waals surface area (Å²) in [5.41, 5.74) is 0.305. The fourth-order valence-electron chi connectivity index (χ4n) is 1.18. The Kier molecular flexibility index (Phi) is 8.08. The Hall–Kier alpha value is -1.41. The Balaban J connectivity index is 4.02. The lowest BCUT2D eigenvalue weighted by molar-refractivity contribution is -0.144. The molecule has 0 aromatic heterocycles. The van der Waals surface area contributed by atoms with Crippen LogP contribution in [0.3, 0.4) is 0 Å². The average Bonchev–Trinajstić information content (AvgIpc) is 2.24. The highest BCUT2D eigenvalue weighted by atomic mass is 16.6. The van der Waals surface area contributed by atoms with Gasteiger partial charge in [0.1, 0.15) is 0 Å². The zero-order valence-corrected chi connectivity index (χ0v) is 9.99. The van der Waals surface area contributed by atoms with Gasteiger partial charge in [0.15, 0.2) is 0 Å². The quantitative estimate of drug-likeness (QED) is 0.210. The first-order valence-corrected chi connectivity index (χ1v) is 5.55. The van der Waals surface area contributed by atoms with Crippen molar-refractivity contribution >= 4 is 12.0 Å². The van der Waals surface area contributed by atoms with Gasteiger partial charge in [-0.1, -0.05) is 32.8 Å². The lowest BCUT2D eigenvalue weighted by Gasteiger charge is -2.11. The highest BCUT2D eigenvalue weighted by Crippen LogP contribution is 2.10. The summed E-state index contributed by atoms with van der Waals surface area (Å²) in [4.78, 5) is 24.8. The zero-order chi connectivity index (χ0) is 12.4. The van der Waals surface area contributed by atoms with Crippen LogP contribution < -0.4 is 0 Å². The van der Waals surface area contributed by atoms with Crippen LogP contribution in [-0.4, -0.2) is 18.3 Å². The van der Waals surface area contributed by atoms with Gasteiger partial charge in [0.2, 0.25) is 12.3 Å². The summed E-state index contributed by atoms with van der Waals surface area (Å²) in [6.45, 7) is 7.13. The third kappa shape index (κ3) is 6.96. The molecule has 0 amide bonds. The van der Waals surface area contributed by atoms with Crippen molar-refractivity contribution in [3.63, 3.8) is 0 Å². The molecule has 0 aromatic rings. The molecule has 0 heterocycles. The zero-order valence-electron chi connectivity index (χ0n) is 9.99. The fraction of sp³-hybridized carbons (Fsp3) is 0.667. The molecule has 0 saturated carbocycles. The smallest absolute Gasteiger partial charge is 0.335 e. The van der Waals surface area contributed by atoms with Crippen LogP contribution in [0.4, 0.5) is 0 Å². The summed E-state index contributed by atoms with van der Waals surface area (Å²) >= 11 is 0. The number of carbonyl (C=O) groups is 1. The number of carbonyl (C=O) groups excluding carboxylic acids is 2. The van der Waals surface area contributed by atoms with Gasteiger partial charge < -0.3 is 4.74 Å². The highest BCUT2D eigenvalue weighted by Gasteiger charge is 2.13. The van der Waals surface area contributed by atoms with Gasteiger partial charge in [-0.05, 0) is 13.3 Å². The van der Waals surface area contributed by atoms with E-state index in [9.17, 15) is 9.59 Å². The number of aliphatic imine (C=N–C) groups is 1. The van der Waals surface area contributed by atoms with Crippen LogP contribution in [0, 0.1) is 0 Å². The van der Waals surface area contributed by atoms with Crippen molar-refractivity contribution in [2.75, 3.05) is 0 Å². The van der Waals surface area contributed by atoms with Crippen LogP contribution in [0.15, 0.2) is 17.1 Å². The molecular formula is C12H19NO3. The molecule has 90 valence electrons. The van der Waals surface area contributed by atoms with Crippen molar-refractivity contribution in [2.24, 2.45) is 4.99 Å². The maximum Gasteiger partial charge on any atom is 0.335 e. The molecule has 0 bridgehead atoms. The molecular weight excluding hydrogens is 206 g/mol. The SMILES string of the molecule is C=C(C)C(=O)OC(CCCCCC)N=C=O. The van der Waals surface area contributed by atoms with Gasteiger partial charge in [0.05, 0.1) is 0 Å². The van der Waals surface area contributed by atoms with Crippen LogP contribution in [0.1, 0.15) is 46.0 Å². The van der Waals surface area contributed by atoms with E-state index >= 15 is 0 Å². The molecule has 0 aliphatic rings. The summed E-state index contributed by atoms with van der Waals surface area (Å²) in [6, 6.07) is 0. The normalized spacial score (nSPS) is 11.4. The lowest BCUT2D eigenvalue weighted by atomic mass is 10.1. The molecule has 0 aromatic carbocycles. The molecule has 0 aliphatic heterocycles. The van der Waals surface area contributed by atoms with E-state index in [1.54, 1.807) is 6.92 Å². The standard InChI is InChI=1S/C12H19NO3/c1-4-5-6-7-8-11(13-9-14)16-12(15)10(2)3/h11H,2,4-8H2,1,3H3. The number of ether oxygens (including phenoxy) is 1. The summed E-state index contributed by atoms with van der Waals surface area (Å²) in [5, 5.41) is 0. The van der Waals surface area contributed by atoms with Crippen molar-refractivity contribution in [1.82, 2.24) is 0 Å². The van der Waals surface area contributed by atoms with E-state index in [4.69, 9.17) is 4.74 Å². The maximum atomic E-state index is 11.2. The van der Waals surface area contributed by atoms with Crippen molar-refractivity contribution in [3.05, 3.63) is 12.2 Å². The molecule has 16 heavy (non-hydrogen) atoms. The molecule has 4 heteroatoms. The molecule has 0 rings (SSSR count). The van der Waals surface area contributed by atoms with Gasteiger partial charge in [-0.15, -0.1) is 0 Å². The highest BCUT2D eigenvalue weighted by molar-refractivity contribution is 5.87. The second-order valence-electron chi connectivity index (χ2n) is 3.71. The Bertz CT molecular complexity index is 280. The molecule has 0 N–H and O–H groups in total. The van der Waals surface area contributed by atoms with Gasteiger partial charge in [-0.25, -0.2) is 9.59 Å². The summed E-state index contributed by atoms with van der Waals surface area (Å²) in [7, 11) is 0. The molecule has 0 aliphatic carbocycles. The average molecular weight is 225 g/mol. The Labute approximate surface area is 96.4 Å². The van der Waals surface area contributed by atoms with Crippen LogP contribution in [0.25, 0.3) is 0 Å². The lowest BCUT2D eigenvalue weighted by Crippen LogP contribution is -2.16. The van der Waals surface area contributed by atoms with Gasteiger partial charge >= 0.3 is 5.97 Å². The number of esters is 1. The van der Waals surface area contributed by atoms with E-state index < -0.39 is 12.2 Å². The third-order valence-corrected chi connectivity index (χ3v) is 2.09. The number of rotatable bonds is 8. The molecule has 1 atom stereocenters. The monoisotopic (exact) mass is 225 g/mol. The van der Waals surface area contributed by atoms with Gasteiger partial charge in [-0.2, -0.15) is 4.99 Å². The molecule has 1 unspecified atom stereocenters. The van der Waals surface area contributed by atoms with E-state index in [2.05, 4.69) is 18.5 Å². The Morgan fingerprint density at radius 2 is 2.12 bits per heavy atom. The van der Waals surface area contributed by atoms with E-state index in [0.717, 1.165) is 25.7 Å². The number of nitrogens with zero attached hydrogens (tertiary/aromatic N) is 1. The second-order valence-corrected chi connectivity index (χ2v) is 3.71. The van der Waals surface area contributed by atoms with Crippen LogP contribution in [-0.2, 0) is 14.3 Å². The van der Waals surface area contributed by atoms with Gasteiger partial charge in [0.25, 0.3) is 0 Å². The minimum absolute atomic E-state index is 0.305. The van der Waals surface area contributed by atoms with E-state index in [1.807, 2.05) is 0 Å². The maximum absolute atomic E-state index is 11.2. The van der Waals surface area contributed by atoms with Crippen LogP contribution in [0.5, 0.6) is 0 Å². The molecule has 4 nitrogen and oxygen atoms in total. The first-order chi connectivity index (χ1) is 7.61. The summed E-state index contributed by atoms with van der Waals surface area (Å²) in [6.07, 6.45) is 5.47. The largest absolute Gasteiger partial charge is 0.436 e. The van der Waals surface area contributed by atoms with E-state index in [-0.39, 0.29) is 0 Å². The minimum atomic E-state index is -0.710. The minimum Gasteiger partial charge on any atom is -0.436 e. The van der Waals surface area contributed by atoms with Crippen molar-refractivity contribution in [2.45, 2.75) is 52.2 Å². The number of unbranched alkanes of at least 4 members (excludes halogenated alkanes) is 3. The second kappa shape index (κ2) is 8.86. The van der Waals surface area contributed by atoms with Crippen molar-refractivity contribution in [1.29, 1.82) is 0 Å². The Morgan fingerprint density at radius 3 is 2.62 bits per heavy atom. The molecule has 0 saturated heterocycles. The topological polar surface area (TPSA) is 55.7 Å². The molecule has 0 spiro atoms. The predicted octanol–water partition coefficient (Wildman–Crippen LogP) is 2.74. The van der Waals surface area contributed by atoms with Crippen molar-refractivity contribution in [3.8, 4) is 0 Å². The predicted molar refractivity (Wildman–Crippen MR) is 61.6 cm³/mol. The third-order valence-electron chi connectivity index (χ3n) is 2.09. The van der Waals surface area contributed by atoms with Crippen LogP contribution in [0.2, 0.25) is 0 Å².